The van der Waals surface area contributed by atoms with Crippen molar-refractivity contribution in [2.45, 2.75) is 20.8 Å². The van der Waals surface area contributed by atoms with Crippen LogP contribution < -0.4 is 0 Å². The first-order chi connectivity index (χ1) is 5.34. The molecule has 3 nitrogen and oxygen atoms in total. The molecule has 0 aliphatic rings. The molecule has 0 bridgehead atoms. The topological polar surface area (TPSA) is 29.5 Å². The van der Waals surface area contributed by atoms with Gasteiger partial charge in [-0.2, -0.15) is 0 Å². The number of esters is 1. The van der Waals surface area contributed by atoms with Crippen LogP contribution in [0.2, 0.25) is 0 Å². The molecule has 0 aromatic rings. The summed E-state index contributed by atoms with van der Waals surface area (Å²) in [6, 6.07) is 0. The summed E-state index contributed by atoms with van der Waals surface area (Å²) in [4.78, 5) is 13.2. The molecule has 0 saturated carbocycles. The smallest absolute Gasteiger partial charge is 0.311 e. The maximum absolute atomic E-state index is 11.2. The van der Waals surface area contributed by atoms with Crippen LogP contribution in [0.25, 0.3) is 0 Å². The van der Waals surface area contributed by atoms with E-state index in [4.69, 9.17) is 4.74 Å². The van der Waals surface area contributed by atoms with Crippen LogP contribution in [-0.4, -0.2) is 38.1 Å². The predicted octanol–water partition coefficient (Wildman–Crippen LogP) is 1.56. The molecule has 4 heteroatoms. The van der Waals surface area contributed by atoms with Crippen molar-refractivity contribution < 1.29 is 9.53 Å². The van der Waals surface area contributed by atoms with E-state index in [1.807, 2.05) is 39.8 Å². The molecule has 0 fully saturated rings. The molecule has 0 amide bonds. The molecule has 0 heterocycles. The Morgan fingerprint density at radius 2 is 1.77 bits per heavy atom. The monoisotopic (exact) mass is 209 g/mol. The van der Waals surface area contributed by atoms with E-state index in [9.17, 15) is 4.79 Å². The Kier molecular flexibility index (Phi) is 7.27. The Morgan fingerprint density at radius 3 is 2.08 bits per heavy atom. The highest BCUT2D eigenvalue weighted by Crippen LogP contribution is 2.14. The van der Waals surface area contributed by atoms with Crippen molar-refractivity contribution in [3.8, 4) is 0 Å². The fourth-order valence-electron chi connectivity index (χ4n) is 0.537. The molecule has 0 unspecified atom stereocenters. The summed E-state index contributed by atoms with van der Waals surface area (Å²) in [6.07, 6.45) is 0. The standard InChI is InChI=1S/C9H19NO2.ClH/c1-9(2,3)8(11)12-7-6-10(4)5;/h6-7H2,1-5H3;1H. The van der Waals surface area contributed by atoms with Gasteiger partial charge in [0.1, 0.15) is 6.61 Å². The Balaban J connectivity index is 0. The zero-order valence-corrected chi connectivity index (χ0v) is 9.90. The summed E-state index contributed by atoms with van der Waals surface area (Å²) < 4.78 is 5.04. The van der Waals surface area contributed by atoms with E-state index in [-0.39, 0.29) is 23.8 Å². The average molecular weight is 210 g/mol. The number of hydrogen-bond acceptors (Lipinski definition) is 3. The molecule has 0 N–H and O–H groups in total. The van der Waals surface area contributed by atoms with Crippen molar-refractivity contribution in [3.05, 3.63) is 0 Å². The number of carbonyl (C=O) groups excluding carboxylic acids is 1. The Labute approximate surface area is 86.8 Å². The highest BCUT2D eigenvalue weighted by Gasteiger charge is 2.22. The normalized spacial score (nSPS) is 10.9. The van der Waals surface area contributed by atoms with E-state index in [1.54, 1.807) is 0 Å². The van der Waals surface area contributed by atoms with Gasteiger partial charge in [0.25, 0.3) is 0 Å². The lowest BCUT2D eigenvalue weighted by Gasteiger charge is -2.17. The van der Waals surface area contributed by atoms with Gasteiger partial charge in [0.05, 0.1) is 5.41 Å². The number of ether oxygens (including phenoxy) is 1. The van der Waals surface area contributed by atoms with Crippen molar-refractivity contribution in [1.82, 2.24) is 4.90 Å². The SMILES string of the molecule is CN(C)CCOC(=O)C(C)(C)C.Cl. The van der Waals surface area contributed by atoms with Crippen LogP contribution in [0.1, 0.15) is 20.8 Å². The van der Waals surface area contributed by atoms with Crippen molar-refractivity contribution in [2.75, 3.05) is 27.2 Å². The van der Waals surface area contributed by atoms with Gasteiger partial charge in [-0.15, -0.1) is 12.4 Å². The van der Waals surface area contributed by atoms with E-state index in [0.717, 1.165) is 6.54 Å². The zero-order valence-electron chi connectivity index (χ0n) is 9.09. The maximum atomic E-state index is 11.2. The van der Waals surface area contributed by atoms with E-state index in [1.165, 1.54) is 0 Å². The van der Waals surface area contributed by atoms with Crippen LogP contribution in [0.5, 0.6) is 0 Å². The minimum Gasteiger partial charge on any atom is -0.464 e. The summed E-state index contributed by atoms with van der Waals surface area (Å²) in [5, 5.41) is 0. The van der Waals surface area contributed by atoms with Crippen LogP contribution in [-0.2, 0) is 9.53 Å². The van der Waals surface area contributed by atoms with Crippen LogP contribution >= 0.6 is 12.4 Å². The quantitative estimate of drug-likeness (QED) is 0.661. The van der Waals surface area contributed by atoms with Gasteiger partial charge in [-0.3, -0.25) is 4.79 Å². The number of likely N-dealkylation sites (N-methyl/N-ethyl adjacent to an activating group) is 1. The first-order valence-electron chi connectivity index (χ1n) is 4.16. The molecular weight excluding hydrogens is 190 g/mol. The highest BCUT2D eigenvalue weighted by atomic mass is 35.5. The second-order valence-corrected chi connectivity index (χ2v) is 4.19. The molecule has 0 aromatic carbocycles. The number of halogens is 1. The van der Waals surface area contributed by atoms with Crippen molar-refractivity contribution in [3.63, 3.8) is 0 Å². The van der Waals surface area contributed by atoms with Crippen molar-refractivity contribution in [1.29, 1.82) is 0 Å². The van der Waals surface area contributed by atoms with E-state index >= 15 is 0 Å². The fourth-order valence-corrected chi connectivity index (χ4v) is 0.537. The van der Waals surface area contributed by atoms with E-state index < -0.39 is 0 Å². The first kappa shape index (κ1) is 15.2. The average Bonchev–Trinajstić information content (AvgIpc) is 1.84. The van der Waals surface area contributed by atoms with Crippen LogP contribution in [0.4, 0.5) is 0 Å². The molecule has 13 heavy (non-hydrogen) atoms. The van der Waals surface area contributed by atoms with Gasteiger partial charge < -0.3 is 9.64 Å². The molecule has 0 radical (unpaired) electrons. The summed E-state index contributed by atoms with van der Waals surface area (Å²) in [7, 11) is 3.90. The number of carbonyl (C=O) groups is 1. The minimum atomic E-state index is -0.383. The summed E-state index contributed by atoms with van der Waals surface area (Å²) in [6.45, 7) is 6.81. The predicted molar refractivity (Wildman–Crippen MR) is 56.2 cm³/mol. The number of hydrogen-bond donors (Lipinski definition) is 0. The first-order valence-corrected chi connectivity index (χ1v) is 4.16. The maximum Gasteiger partial charge on any atom is 0.311 e. The van der Waals surface area contributed by atoms with Gasteiger partial charge in [-0.1, -0.05) is 0 Å². The van der Waals surface area contributed by atoms with E-state index in [2.05, 4.69) is 0 Å². The number of rotatable bonds is 3. The third kappa shape index (κ3) is 8.06. The van der Waals surface area contributed by atoms with Gasteiger partial charge in [0, 0.05) is 6.54 Å². The lowest BCUT2D eigenvalue weighted by Crippen LogP contribution is -2.27. The summed E-state index contributed by atoms with van der Waals surface area (Å²) >= 11 is 0. The Bertz CT molecular complexity index is 152. The molecule has 0 aliphatic carbocycles. The van der Waals surface area contributed by atoms with Crippen LogP contribution in [0.3, 0.4) is 0 Å². The number of nitrogens with zero attached hydrogens (tertiary/aromatic N) is 1. The Morgan fingerprint density at radius 1 is 1.31 bits per heavy atom. The molecule has 80 valence electrons. The van der Waals surface area contributed by atoms with Gasteiger partial charge in [0.2, 0.25) is 0 Å². The molecule has 0 atom stereocenters. The summed E-state index contributed by atoms with van der Waals surface area (Å²) in [5.41, 5.74) is -0.383. The van der Waals surface area contributed by atoms with Crippen molar-refractivity contribution >= 4 is 18.4 Å². The Hall–Kier alpha value is -0.280. The second-order valence-electron chi connectivity index (χ2n) is 4.19. The van der Waals surface area contributed by atoms with Crippen LogP contribution in [0, 0.1) is 5.41 Å². The molecule has 0 aromatic heterocycles. The molecular formula is C9H20ClNO2. The van der Waals surface area contributed by atoms with Gasteiger partial charge >= 0.3 is 5.97 Å². The van der Waals surface area contributed by atoms with Crippen molar-refractivity contribution in [2.24, 2.45) is 5.41 Å². The lowest BCUT2D eigenvalue weighted by molar-refractivity contribution is -0.153. The lowest BCUT2D eigenvalue weighted by atomic mass is 9.97. The third-order valence-electron chi connectivity index (χ3n) is 1.38. The van der Waals surface area contributed by atoms with Crippen LogP contribution in [0.15, 0.2) is 0 Å². The third-order valence-corrected chi connectivity index (χ3v) is 1.38. The summed E-state index contributed by atoms with van der Waals surface area (Å²) in [5.74, 6) is -0.135. The zero-order chi connectivity index (χ0) is 9.78. The fraction of sp³-hybridized carbons (Fsp3) is 0.889. The molecule has 0 aliphatic heterocycles. The molecule has 0 rings (SSSR count). The molecule has 0 spiro atoms. The highest BCUT2D eigenvalue weighted by molar-refractivity contribution is 5.85. The van der Waals surface area contributed by atoms with Gasteiger partial charge in [-0.05, 0) is 34.9 Å². The van der Waals surface area contributed by atoms with Gasteiger partial charge in [0.15, 0.2) is 0 Å². The van der Waals surface area contributed by atoms with E-state index in [0.29, 0.717) is 6.61 Å². The largest absolute Gasteiger partial charge is 0.464 e. The minimum absolute atomic E-state index is 0. The molecule has 0 saturated heterocycles. The van der Waals surface area contributed by atoms with Gasteiger partial charge in [-0.25, -0.2) is 0 Å². The second kappa shape index (κ2) is 6.22.